The Kier molecular flexibility index (Phi) is 5.40. The molecule has 0 bridgehead atoms. The molecule has 0 spiro atoms. The summed E-state index contributed by atoms with van der Waals surface area (Å²) in [6.45, 7) is 8.91. The molecule has 0 aromatic carbocycles. The number of piperidine rings is 1. The smallest absolute Gasteiger partial charge is 0.410 e. The Labute approximate surface area is 143 Å². The highest BCUT2D eigenvalue weighted by Gasteiger charge is 2.39. The van der Waals surface area contributed by atoms with Gasteiger partial charge in [-0.05, 0) is 33.1 Å². The number of nitrogens with zero attached hydrogens (tertiary/aromatic N) is 2. The van der Waals surface area contributed by atoms with Gasteiger partial charge in [-0.3, -0.25) is 9.59 Å². The predicted octanol–water partition coefficient (Wildman–Crippen LogP) is 1.23. The maximum atomic E-state index is 12.6. The summed E-state index contributed by atoms with van der Waals surface area (Å²) in [5.74, 6) is -0.0759. The monoisotopic (exact) mass is 339 g/mol. The van der Waals surface area contributed by atoms with Crippen LogP contribution in [-0.2, 0) is 14.3 Å². The number of amides is 3. The summed E-state index contributed by atoms with van der Waals surface area (Å²) in [7, 11) is 1.75. The number of likely N-dealkylation sites (N-methyl/N-ethyl adjacent to an activating group) is 1. The lowest BCUT2D eigenvalue weighted by molar-refractivity contribution is -0.134. The molecule has 2 aliphatic rings. The lowest BCUT2D eigenvalue weighted by Crippen LogP contribution is -2.50. The number of carbonyl (C=O) groups is 3. The topological polar surface area (TPSA) is 79.0 Å². The second-order valence-electron chi connectivity index (χ2n) is 7.99. The summed E-state index contributed by atoms with van der Waals surface area (Å²) in [5, 5.41) is 3.04. The van der Waals surface area contributed by atoms with Gasteiger partial charge in [0.2, 0.25) is 11.8 Å². The maximum Gasteiger partial charge on any atom is 0.410 e. The van der Waals surface area contributed by atoms with Crippen LogP contribution in [0.1, 0.15) is 40.5 Å². The van der Waals surface area contributed by atoms with Gasteiger partial charge in [-0.25, -0.2) is 4.79 Å². The van der Waals surface area contributed by atoms with Gasteiger partial charge in [0.15, 0.2) is 0 Å². The molecule has 0 aliphatic carbocycles. The predicted molar refractivity (Wildman–Crippen MR) is 89.3 cm³/mol. The molecule has 0 aromatic heterocycles. The molecular formula is C17H29N3O4. The molecule has 3 atom stereocenters. The van der Waals surface area contributed by atoms with Crippen molar-refractivity contribution >= 4 is 17.9 Å². The van der Waals surface area contributed by atoms with E-state index in [4.69, 9.17) is 4.74 Å². The number of likely N-dealkylation sites (tertiary alicyclic amines) is 2. The SMILES string of the molecule is C[C@@H]1CN(C(=O)OC(C)(C)C)C[C@@H]1C(=O)N[C@H]1CCC(=O)N(C)C1. The molecule has 3 amide bonds. The van der Waals surface area contributed by atoms with E-state index in [9.17, 15) is 14.4 Å². The fourth-order valence-corrected chi connectivity index (χ4v) is 3.22. The number of hydrogen-bond donors (Lipinski definition) is 1. The van der Waals surface area contributed by atoms with E-state index in [1.54, 1.807) is 16.8 Å². The van der Waals surface area contributed by atoms with E-state index in [-0.39, 0.29) is 35.8 Å². The second-order valence-corrected chi connectivity index (χ2v) is 7.99. The lowest BCUT2D eigenvalue weighted by Gasteiger charge is -2.31. The Morgan fingerprint density at radius 3 is 2.46 bits per heavy atom. The molecule has 0 saturated carbocycles. The van der Waals surface area contributed by atoms with Crippen LogP contribution in [0, 0.1) is 11.8 Å². The van der Waals surface area contributed by atoms with Gasteiger partial charge in [0.05, 0.1) is 5.92 Å². The van der Waals surface area contributed by atoms with Crippen LogP contribution in [0.4, 0.5) is 4.79 Å². The molecule has 136 valence electrons. The van der Waals surface area contributed by atoms with E-state index >= 15 is 0 Å². The first-order valence-electron chi connectivity index (χ1n) is 8.59. The molecular weight excluding hydrogens is 310 g/mol. The molecule has 1 N–H and O–H groups in total. The van der Waals surface area contributed by atoms with Crippen LogP contribution in [-0.4, -0.2) is 66.0 Å². The molecule has 0 aromatic rings. The van der Waals surface area contributed by atoms with Crippen LogP contribution in [0.2, 0.25) is 0 Å². The highest BCUT2D eigenvalue weighted by atomic mass is 16.6. The summed E-state index contributed by atoms with van der Waals surface area (Å²) in [6, 6.07) is -0.0111. The average Bonchev–Trinajstić information content (AvgIpc) is 2.83. The van der Waals surface area contributed by atoms with Crippen molar-refractivity contribution in [2.75, 3.05) is 26.7 Å². The number of hydrogen-bond acceptors (Lipinski definition) is 4. The quantitative estimate of drug-likeness (QED) is 0.821. The molecule has 0 radical (unpaired) electrons. The average molecular weight is 339 g/mol. The van der Waals surface area contributed by atoms with Gasteiger partial charge in [-0.15, -0.1) is 0 Å². The van der Waals surface area contributed by atoms with Crippen LogP contribution in [0.3, 0.4) is 0 Å². The number of nitrogens with one attached hydrogen (secondary N) is 1. The van der Waals surface area contributed by atoms with E-state index in [1.807, 2.05) is 27.7 Å². The van der Waals surface area contributed by atoms with Crippen molar-refractivity contribution in [2.45, 2.75) is 52.2 Å². The standard InChI is InChI=1S/C17H29N3O4/c1-11-8-20(16(23)24-17(2,3)4)10-13(11)15(22)18-12-6-7-14(21)19(5)9-12/h11-13H,6-10H2,1-5H3,(H,18,22)/t11-,12+,13+/m1/s1. The van der Waals surface area contributed by atoms with Gasteiger partial charge < -0.3 is 19.9 Å². The normalized spacial score (nSPS) is 28.0. The third kappa shape index (κ3) is 4.61. The summed E-state index contributed by atoms with van der Waals surface area (Å²) >= 11 is 0. The molecule has 0 unspecified atom stereocenters. The van der Waals surface area contributed by atoms with Crippen LogP contribution in [0.5, 0.6) is 0 Å². The zero-order chi connectivity index (χ0) is 18.1. The van der Waals surface area contributed by atoms with Crippen LogP contribution >= 0.6 is 0 Å². The number of ether oxygens (including phenoxy) is 1. The molecule has 2 aliphatic heterocycles. The zero-order valence-corrected chi connectivity index (χ0v) is 15.3. The van der Waals surface area contributed by atoms with Gasteiger partial charge in [0.1, 0.15) is 5.60 Å². The van der Waals surface area contributed by atoms with Crippen LogP contribution in [0.25, 0.3) is 0 Å². The molecule has 2 saturated heterocycles. The van der Waals surface area contributed by atoms with Gasteiger partial charge in [0.25, 0.3) is 0 Å². The fraction of sp³-hybridized carbons (Fsp3) is 0.824. The van der Waals surface area contributed by atoms with Gasteiger partial charge in [-0.2, -0.15) is 0 Å². The molecule has 2 rings (SSSR count). The Hall–Kier alpha value is -1.79. The molecule has 2 heterocycles. The Balaban J connectivity index is 1.89. The third-order valence-corrected chi connectivity index (χ3v) is 4.57. The minimum absolute atomic E-state index is 0.0111. The molecule has 7 heteroatoms. The molecule has 7 nitrogen and oxygen atoms in total. The second kappa shape index (κ2) is 6.99. The Morgan fingerprint density at radius 1 is 1.21 bits per heavy atom. The zero-order valence-electron chi connectivity index (χ0n) is 15.3. The minimum Gasteiger partial charge on any atom is -0.444 e. The first kappa shape index (κ1) is 18.5. The summed E-state index contributed by atoms with van der Waals surface area (Å²) < 4.78 is 5.38. The molecule has 2 fully saturated rings. The van der Waals surface area contributed by atoms with Crippen molar-refractivity contribution < 1.29 is 19.1 Å². The summed E-state index contributed by atoms with van der Waals surface area (Å²) in [5.41, 5.74) is -0.542. The van der Waals surface area contributed by atoms with Gasteiger partial charge in [-0.1, -0.05) is 6.92 Å². The van der Waals surface area contributed by atoms with Crippen LogP contribution < -0.4 is 5.32 Å². The van der Waals surface area contributed by atoms with Crippen molar-refractivity contribution in [3.05, 3.63) is 0 Å². The van der Waals surface area contributed by atoms with E-state index in [0.717, 1.165) is 0 Å². The molecule has 24 heavy (non-hydrogen) atoms. The summed E-state index contributed by atoms with van der Waals surface area (Å²) in [4.78, 5) is 39.5. The maximum absolute atomic E-state index is 12.6. The van der Waals surface area contributed by atoms with Gasteiger partial charge in [0, 0.05) is 39.1 Å². The van der Waals surface area contributed by atoms with Gasteiger partial charge >= 0.3 is 6.09 Å². The van der Waals surface area contributed by atoms with Crippen LogP contribution in [0.15, 0.2) is 0 Å². The van der Waals surface area contributed by atoms with Crippen molar-refractivity contribution in [2.24, 2.45) is 11.8 Å². The fourth-order valence-electron chi connectivity index (χ4n) is 3.22. The minimum atomic E-state index is -0.542. The van der Waals surface area contributed by atoms with Crippen molar-refractivity contribution in [1.29, 1.82) is 0 Å². The number of carbonyl (C=O) groups excluding carboxylic acids is 3. The van der Waals surface area contributed by atoms with E-state index in [0.29, 0.717) is 32.5 Å². The van der Waals surface area contributed by atoms with E-state index in [2.05, 4.69) is 5.32 Å². The summed E-state index contributed by atoms with van der Waals surface area (Å²) in [6.07, 6.45) is 0.768. The highest BCUT2D eigenvalue weighted by Crippen LogP contribution is 2.25. The first-order chi connectivity index (χ1) is 11.1. The Bertz CT molecular complexity index is 514. The van der Waals surface area contributed by atoms with E-state index in [1.165, 1.54) is 0 Å². The highest BCUT2D eigenvalue weighted by molar-refractivity contribution is 5.82. The number of rotatable bonds is 2. The van der Waals surface area contributed by atoms with E-state index < -0.39 is 5.60 Å². The third-order valence-electron chi connectivity index (χ3n) is 4.57. The lowest BCUT2D eigenvalue weighted by atomic mass is 9.96. The van der Waals surface area contributed by atoms with Crippen molar-refractivity contribution in [3.8, 4) is 0 Å². The van der Waals surface area contributed by atoms with Crippen molar-refractivity contribution in [1.82, 2.24) is 15.1 Å². The first-order valence-corrected chi connectivity index (χ1v) is 8.59. The largest absolute Gasteiger partial charge is 0.444 e. The Morgan fingerprint density at radius 2 is 1.88 bits per heavy atom. The van der Waals surface area contributed by atoms with Crippen molar-refractivity contribution in [3.63, 3.8) is 0 Å².